The van der Waals surface area contributed by atoms with Crippen molar-refractivity contribution in [2.24, 2.45) is 11.8 Å². The molecule has 2 aliphatic rings. The van der Waals surface area contributed by atoms with Crippen LogP contribution in [0.3, 0.4) is 0 Å². The average molecular weight is 362 g/mol. The molecule has 0 spiro atoms. The second-order valence-electron chi connectivity index (χ2n) is 7.38. The fraction of sp³-hybridized carbons (Fsp3) is 0.318. The molecule has 1 aliphatic heterocycles. The number of hydrogen-bond acceptors (Lipinski definition) is 3. The second kappa shape index (κ2) is 6.99. The molecule has 138 valence electrons. The molecule has 1 saturated carbocycles. The standard InChI is InChI=1S/C22H22N2O3/c1-14-9-11-15(12-10-14)20(25)23-16-5-4-6-17(13-16)24-21(26)18-7-2-3-8-19(18)22(24)27/h4-6,9-13,18-19H,2-3,7-8H2,1H3,(H,23,25)/t18-,19+. The average Bonchev–Trinajstić information content (AvgIpc) is 2.93. The Kier molecular flexibility index (Phi) is 4.52. The number of rotatable bonds is 3. The van der Waals surface area contributed by atoms with E-state index < -0.39 is 0 Å². The summed E-state index contributed by atoms with van der Waals surface area (Å²) in [6, 6.07) is 14.3. The van der Waals surface area contributed by atoms with Crippen LogP contribution in [-0.2, 0) is 9.59 Å². The number of anilines is 2. The van der Waals surface area contributed by atoms with Gasteiger partial charge in [-0.25, -0.2) is 4.90 Å². The Morgan fingerprint density at radius 2 is 1.59 bits per heavy atom. The van der Waals surface area contributed by atoms with Crippen molar-refractivity contribution in [3.05, 3.63) is 59.7 Å². The van der Waals surface area contributed by atoms with Crippen molar-refractivity contribution in [2.75, 3.05) is 10.2 Å². The van der Waals surface area contributed by atoms with E-state index in [0.29, 0.717) is 16.9 Å². The molecule has 0 unspecified atom stereocenters. The Labute approximate surface area is 158 Å². The lowest BCUT2D eigenvalue weighted by molar-refractivity contribution is -0.122. The molecule has 2 atom stereocenters. The van der Waals surface area contributed by atoms with Crippen molar-refractivity contribution in [3.63, 3.8) is 0 Å². The Balaban J connectivity index is 1.56. The van der Waals surface area contributed by atoms with Crippen molar-refractivity contribution in [3.8, 4) is 0 Å². The Hall–Kier alpha value is -2.95. The number of benzene rings is 2. The topological polar surface area (TPSA) is 66.5 Å². The first-order valence-electron chi connectivity index (χ1n) is 9.40. The van der Waals surface area contributed by atoms with Crippen molar-refractivity contribution in [2.45, 2.75) is 32.6 Å². The molecule has 0 radical (unpaired) electrons. The molecule has 2 aromatic carbocycles. The predicted octanol–water partition coefficient (Wildman–Crippen LogP) is 3.93. The molecule has 1 aliphatic carbocycles. The maximum atomic E-state index is 12.8. The van der Waals surface area contributed by atoms with Crippen molar-refractivity contribution < 1.29 is 14.4 Å². The van der Waals surface area contributed by atoms with Gasteiger partial charge in [0.1, 0.15) is 0 Å². The van der Waals surface area contributed by atoms with Gasteiger partial charge in [0, 0.05) is 11.3 Å². The molecule has 1 saturated heterocycles. The zero-order chi connectivity index (χ0) is 19.0. The van der Waals surface area contributed by atoms with E-state index in [9.17, 15) is 14.4 Å². The van der Waals surface area contributed by atoms with Crippen molar-refractivity contribution >= 4 is 29.1 Å². The van der Waals surface area contributed by atoms with Crippen LogP contribution in [0.25, 0.3) is 0 Å². The van der Waals surface area contributed by atoms with E-state index in [2.05, 4.69) is 5.32 Å². The molecule has 27 heavy (non-hydrogen) atoms. The van der Waals surface area contributed by atoms with Crippen molar-refractivity contribution in [1.82, 2.24) is 0 Å². The molecule has 4 rings (SSSR count). The predicted molar refractivity (Wildman–Crippen MR) is 104 cm³/mol. The molecule has 5 nitrogen and oxygen atoms in total. The largest absolute Gasteiger partial charge is 0.322 e. The van der Waals surface area contributed by atoms with E-state index >= 15 is 0 Å². The van der Waals surface area contributed by atoms with E-state index in [4.69, 9.17) is 0 Å². The van der Waals surface area contributed by atoms with Crippen LogP contribution in [0, 0.1) is 18.8 Å². The maximum absolute atomic E-state index is 12.8. The van der Waals surface area contributed by atoms with Gasteiger partial charge in [-0.1, -0.05) is 36.6 Å². The highest BCUT2D eigenvalue weighted by Gasteiger charge is 2.48. The van der Waals surface area contributed by atoms with Crippen molar-refractivity contribution in [1.29, 1.82) is 0 Å². The highest BCUT2D eigenvalue weighted by atomic mass is 16.2. The first-order valence-corrected chi connectivity index (χ1v) is 9.40. The zero-order valence-electron chi connectivity index (χ0n) is 15.3. The van der Waals surface area contributed by atoms with E-state index in [0.717, 1.165) is 31.2 Å². The van der Waals surface area contributed by atoms with E-state index in [1.54, 1.807) is 36.4 Å². The molecular weight excluding hydrogens is 340 g/mol. The summed E-state index contributed by atoms with van der Waals surface area (Å²) in [7, 11) is 0. The summed E-state index contributed by atoms with van der Waals surface area (Å²) in [6.45, 7) is 1.97. The molecule has 2 aromatic rings. The number of nitrogens with zero attached hydrogens (tertiary/aromatic N) is 1. The number of nitrogens with one attached hydrogen (secondary N) is 1. The zero-order valence-corrected chi connectivity index (χ0v) is 15.3. The van der Waals surface area contributed by atoms with E-state index in [1.165, 1.54) is 4.90 Å². The van der Waals surface area contributed by atoms with Crippen LogP contribution in [0.2, 0.25) is 0 Å². The van der Waals surface area contributed by atoms with Gasteiger partial charge in [0.2, 0.25) is 11.8 Å². The highest BCUT2D eigenvalue weighted by Crippen LogP contribution is 2.40. The lowest BCUT2D eigenvalue weighted by Crippen LogP contribution is -2.30. The smallest absolute Gasteiger partial charge is 0.255 e. The van der Waals surface area contributed by atoms with Crippen LogP contribution in [0.4, 0.5) is 11.4 Å². The molecule has 5 heteroatoms. The number of carbonyl (C=O) groups is 3. The fourth-order valence-corrected chi connectivity index (χ4v) is 4.05. The SMILES string of the molecule is Cc1ccc(C(=O)Nc2cccc(N3C(=O)[C@H]4CCCC[C@H]4C3=O)c2)cc1. The third-order valence-corrected chi connectivity index (χ3v) is 5.52. The van der Waals surface area contributed by atoms with Gasteiger partial charge in [0.25, 0.3) is 5.91 Å². The molecule has 1 heterocycles. The monoisotopic (exact) mass is 362 g/mol. The number of imide groups is 1. The third-order valence-electron chi connectivity index (χ3n) is 5.52. The normalized spacial score (nSPS) is 21.9. The number of carbonyl (C=O) groups excluding carboxylic acids is 3. The summed E-state index contributed by atoms with van der Waals surface area (Å²) >= 11 is 0. The third kappa shape index (κ3) is 3.25. The first-order chi connectivity index (χ1) is 13.0. The van der Waals surface area contributed by atoms with Crippen LogP contribution in [0.15, 0.2) is 48.5 Å². The summed E-state index contributed by atoms with van der Waals surface area (Å²) in [5.74, 6) is -0.799. The minimum Gasteiger partial charge on any atom is -0.322 e. The van der Waals surface area contributed by atoms with Crippen LogP contribution >= 0.6 is 0 Å². The lowest BCUT2D eigenvalue weighted by atomic mass is 9.81. The number of aryl methyl sites for hydroxylation is 1. The quantitative estimate of drug-likeness (QED) is 0.842. The molecular formula is C22H22N2O3. The van der Waals surface area contributed by atoms with Gasteiger partial charge in [-0.05, 0) is 50.1 Å². The van der Waals surface area contributed by atoms with Gasteiger partial charge in [-0.2, -0.15) is 0 Å². The summed E-state index contributed by atoms with van der Waals surface area (Å²) in [5.41, 5.74) is 2.74. The van der Waals surface area contributed by atoms with Gasteiger partial charge < -0.3 is 5.32 Å². The summed E-state index contributed by atoms with van der Waals surface area (Å²) in [4.78, 5) is 39.3. The molecule has 2 fully saturated rings. The summed E-state index contributed by atoms with van der Waals surface area (Å²) in [6.07, 6.45) is 3.58. The van der Waals surface area contributed by atoms with E-state index in [-0.39, 0.29) is 29.6 Å². The fourth-order valence-electron chi connectivity index (χ4n) is 4.05. The minimum absolute atomic E-state index is 0.105. The molecule has 0 aromatic heterocycles. The number of amides is 3. The molecule has 0 bridgehead atoms. The van der Waals surface area contributed by atoms with Gasteiger partial charge in [-0.3, -0.25) is 14.4 Å². The number of hydrogen-bond donors (Lipinski definition) is 1. The number of fused-ring (bicyclic) bond motifs is 1. The minimum atomic E-state index is -0.222. The van der Waals surface area contributed by atoms with Gasteiger partial charge in [0.15, 0.2) is 0 Å². The van der Waals surface area contributed by atoms with Gasteiger partial charge in [-0.15, -0.1) is 0 Å². The van der Waals surface area contributed by atoms with Crippen LogP contribution in [0.5, 0.6) is 0 Å². The summed E-state index contributed by atoms with van der Waals surface area (Å²) in [5, 5.41) is 2.85. The lowest BCUT2D eigenvalue weighted by Gasteiger charge is -2.19. The Bertz CT molecular complexity index is 880. The first kappa shape index (κ1) is 17.5. The van der Waals surface area contributed by atoms with Gasteiger partial charge >= 0.3 is 0 Å². The molecule has 3 amide bonds. The molecule has 1 N–H and O–H groups in total. The van der Waals surface area contributed by atoms with Crippen LogP contribution < -0.4 is 10.2 Å². The van der Waals surface area contributed by atoms with E-state index in [1.807, 2.05) is 19.1 Å². The van der Waals surface area contributed by atoms with Crippen LogP contribution in [-0.4, -0.2) is 17.7 Å². The summed E-state index contributed by atoms with van der Waals surface area (Å²) < 4.78 is 0. The highest BCUT2D eigenvalue weighted by molar-refractivity contribution is 6.22. The Morgan fingerprint density at radius 1 is 0.963 bits per heavy atom. The Morgan fingerprint density at radius 3 is 2.22 bits per heavy atom. The van der Waals surface area contributed by atoms with Gasteiger partial charge in [0.05, 0.1) is 17.5 Å². The second-order valence-corrected chi connectivity index (χ2v) is 7.38. The maximum Gasteiger partial charge on any atom is 0.255 e. The van der Waals surface area contributed by atoms with Crippen LogP contribution in [0.1, 0.15) is 41.6 Å².